The number of rotatable bonds is 11. The van der Waals surface area contributed by atoms with Crippen LogP contribution in [0, 0.1) is 24.6 Å². The van der Waals surface area contributed by atoms with Gasteiger partial charge in [0.2, 0.25) is 0 Å². The maximum absolute atomic E-state index is 13.9. The van der Waals surface area contributed by atoms with E-state index in [9.17, 15) is 9.18 Å². The summed E-state index contributed by atoms with van der Waals surface area (Å²) in [5.41, 5.74) is 1.15. The van der Waals surface area contributed by atoms with Gasteiger partial charge in [-0.1, -0.05) is 64.4 Å². The van der Waals surface area contributed by atoms with Crippen molar-refractivity contribution in [3.05, 3.63) is 59.4 Å². The zero-order chi connectivity index (χ0) is 22.8. The fourth-order valence-corrected chi connectivity index (χ4v) is 4.59. The Morgan fingerprint density at radius 3 is 2.22 bits per heavy atom. The van der Waals surface area contributed by atoms with Gasteiger partial charge in [0.1, 0.15) is 5.75 Å². The lowest BCUT2D eigenvalue weighted by atomic mass is 9.78. The molecule has 0 spiro atoms. The van der Waals surface area contributed by atoms with Gasteiger partial charge in [-0.15, -0.1) is 0 Å². The summed E-state index contributed by atoms with van der Waals surface area (Å²) in [7, 11) is 0. The topological polar surface area (TPSA) is 35.5 Å². The summed E-state index contributed by atoms with van der Waals surface area (Å²) in [6.07, 6.45) is 13.4. The number of carbonyl (C=O) groups is 1. The molecule has 1 aliphatic rings. The molecular formula is C28H37FO3. The van der Waals surface area contributed by atoms with Crippen LogP contribution >= 0.6 is 0 Å². The number of ether oxygens (including phenoxy) is 2. The second kappa shape index (κ2) is 12.6. The first-order valence-electron chi connectivity index (χ1n) is 12.3. The van der Waals surface area contributed by atoms with E-state index in [-0.39, 0.29) is 5.75 Å². The minimum Gasteiger partial charge on any atom is -0.494 e. The van der Waals surface area contributed by atoms with E-state index in [2.05, 4.69) is 6.92 Å². The Balaban J connectivity index is 1.34. The molecule has 2 aromatic rings. The van der Waals surface area contributed by atoms with Crippen molar-refractivity contribution in [2.24, 2.45) is 11.8 Å². The van der Waals surface area contributed by atoms with Crippen molar-refractivity contribution in [2.75, 3.05) is 6.61 Å². The molecule has 0 saturated heterocycles. The largest absolute Gasteiger partial charge is 0.494 e. The van der Waals surface area contributed by atoms with Crippen molar-refractivity contribution < 1.29 is 18.7 Å². The molecule has 1 saturated carbocycles. The van der Waals surface area contributed by atoms with Crippen LogP contribution in [0.15, 0.2) is 42.5 Å². The fraction of sp³-hybridized carbons (Fsp3) is 0.536. The first-order valence-corrected chi connectivity index (χ1v) is 12.3. The summed E-state index contributed by atoms with van der Waals surface area (Å²) < 4.78 is 24.9. The monoisotopic (exact) mass is 440 g/mol. The van der Waals surface area contributed by atoms with Crippen LogP contribution in [0.25, 0.3) is 0 Å². The summed E-state index contributed by atoms with van der Waals surface area (Å²) in [6.45, 7) is 4.75. The standard InChI is InChI=1S/C28H37FO3/c1-3-4-5-7-22-10-12-23(13-11-22)8-6-19-31-25-16-14-24(15-17-25)28(30)32-27-18-9-21(2)20-26(27)29/h9,14-18,20,22-23H,3-8,10-13,19H2,1-2H3. The molecule has 0 radical (unpaired) electrons. The number of hydrogen-bond acceptors (Lipinski definition) is 3. The van der Waals surface area contributed by atoms with Gasteiger partial charge in [0, 0.05) is 0 Å². The number of benzene rings is 2. The van der Waals surface area contributed by atoms with E-state index in [1.165, 1.54) is 69.9 Å². The lowest BCUT2D eigenvalue weighted by Gasteiger charge is -2.28. The molecule has 2 aromatic carbocycles. The van der Waals surface area contributed by atoms with Crippen LogP contribution in [-0.4, -0.2) is 12.6 Å². The number of unbranched alkanes of at least 4 members (excludes halogenated alkanes) is 2. The molecule has 3 rings (SSSR count). The molecule has 4 heteroatoms. The summed E-state index contributed by atoms with van der Waals surface area (Å²) in [6, 6.07) is 11.4. The highest BCUT2D eigenvalue weighted by Gasteiger charge is 2.20. The Morgan fingerprint density at radius 1 is 0.938 bits per heavy atom. The average Bonchev–Trinajstić information content (AvgIpc) is 2.80. The van der Waals surface area contributed by atoms with Gasteiger partial charge in [-0.05, 0) is 73.6 Å². The van der Waals surface area contributed by atoms with Crippen LogP contribution in [0.5, 0.6) is 11.5 Å². The number of hydrogen-bond donors (Lipinski definition) is 0. The Kier molecular flexibility index (Phi) is 9.58. The molecule has 1 aliphatic carbocycles. The van der Waals surface area contributed by atoms with Crippen molar-refractivity contribution in [2.45, 2.75) is 78.1 Å². The van der Waals surface area contributed by atoms with Gasteiger partial charge < -0.3 is 9.47 Å². The molecule has 32 heavy (non-hydrogen) atoms. The predicted molar refractivity (Wildman–Crippen MR) is 127 cm³/mol. The number of esters is 1. The highest BCUT2D eigenvalue weighted by Crippen LogP contribution is 2.34. The molecular weight excluding hydrogens is 403 g/mol. The minimum absolute atomic E-state index is 0.0593. The van der Waals surface area contributed by atoms with Crippen LogP contribution in [0.1, 0.15) is 87.1 Å². The first kappa shape index (κ1) is 24.3. The van der Waals surface area contributed by atoms with Crippen molar-refractivity contribution in [3.63, 3.8) is 0 Å². The summed E-state index contributed by atoms with van der Waals surface area (Å²) in [5, 5.41) is 0. The van der Waals surface area contributed by atoms with Gasteiger partial charge in [0.15, 0.2) is 11.6 Å². The van der Waals surface area contributed by atoms with Crippen LogP contribution in [-0.2, 0) is 0 Å². The number of carbonyl (C=O) groups excluding carboxylic acids is 1. The van der Waals surface area contributed by atoms with Crippen LogP contribution in [0.3, 0.4) is 0 Å². The smallest absolute Gasteiger partial charge is 0.343 e. The highest BCUT2D eigenvalue weighted by molar-refractivity contribution is 5.91. The van der Waals surface area contributed by atoms with Crippen molar-refractivity contribution in [1.82, 2.24) is 0 Å². The van der Waals surface area contributed by atoms with Crippen LogP contribution in [0.2, 0.25) is 0 Å². The zero-order valence-electron chi connectivity index (χ0n) is 19.6. The van der Waals surface area contributed by atoms with Crippen molar-refractivity contribution in [3.8, 4) is 11.5 Å². The van der Waals surface area contributed by atoms with Gasteiger partial charge in [0.25, 0.3) is 0 Å². The third-order valence-electron chi connectivity index (χ3n) is 6.59. The average molecular weight is 441 g/mol. The number of aryl methyl sites for hydroxylation is 1. The van der Waals surface area contributed by atoms with Gasteiger partial charge in [0.05, 0.1) is 12.2 Å². The molecule has 0 aliphatic heterocycles. The molecule has 0 N–H and O–H groups in total. The zero-order valence-corrected chi connectivity index (χ0v) is 19.6. The molecule has 0 heterocycles. The Hall–Kier alpha value is -2.36. The van der Waals surface area contributed by atoms with E-state index in [0.29, 0.717) is 12.2 Å². The lowest BCUT2D eigenvalue weighted by molar-refractivity contribution is 0.0727. The predicted octanol–water partition coefficient (Wildman–Crippen LogP) is 7.90. The second-order valence-electron chi connectivity index (χ2n) is 9.22. The van der Waals surface area contributed by atoms with Gasteiger partial charge >= 0.3 is 5.97 Å². The first-order chi connectivity index (χ1) is 15.5. The Bertz CT molecular complexity index is 838. The van der Waals surface area contributed by atoms with Gasteiger partial charge in [-0.3, -0.25) is 0 Å². The Morgan fingerprint density at radius 2 is 1.59 bits per heavy atom. The summed E-state index contributed by atoms with van der Waals surface area (Å²) >= 11 is 0. The third-order valence-corrected chi connectivity index (χ3v) is 6.59. The summed E-state index contributed by atoms with van der Waals surface area (Å²) in [4.78, 5) is 12.3. The van der Waals surface area contributed by atoms with E-state index < -0.39 is 11.8 Å². The summed E-state index contributed by atoms with van der Waals surface area (Å²) in [5.74, 6) is 1.37. The van der Waals surface area contributed by atoms with Crippen molar-refractivity contribution in [1.29, 1.82) is 0 Å². The van der Waals surface area contributed by atoms with E-state index in [1.807, 2.05) is 0 Å². The second-order valence-corrected chi connectivity index (χ2v) is 9.22. The van der Waals surface area contributed by atoms with Crippen LogP contribution < -0.4 is 9.47 Å². The maximum Gasteiger partial charge on any atom is 0.343 e. The SMILES string of the molecule is CCCCCC1CCC(CCCOc2ccc(C(=O)Oc3ccc(C)cc3F)cc2)CC1. The van der Waals surface area contributed by atoms with Gasteiger partial charge in [-0.2, -0.15) is 0 Å². The van der Waals surface area contributed by atoms with E-state index in [4.69, 9.17) is 9.47 Å². The molecule has 0 atom stereocenters. The van der Waals surface area contributed by atoms with E-state index >= 15 is 0 Å². The van der Waals surface area contributed by atoms with E-state index in [1.54, 1.807) is 37.3 Å². The molecule has 0 amide bonds. The van der Waals surface area contributed by atoms with Crippen molar-refractivity contribution >= 4 is 5.97 Å². The van der Waals surface area contributed by atoms with Gasteiger partial charge in [-0.25, -0.2) is 9.18 Å². The highest BCUT2D eigenvalue weighted by atomic mass is 19.1. The Labute approximate surface area is 192 Å². The molecule has 0 unspecified atom stereocenters. The molecule has 0 bridgehead atoms. The normalized spacial score (nSPS) is 18.3. The molecule has 1 fully saturated rings. The quantitative estimate of drug-likeness (QED) is 0.202. The number of halogens is 1. The lowest BCUT2D eigenvalue weighted by Crippen LogP contribution is -2.15. The molecule has 174 valence electrons. The minimum atomic E-state index is -0.579. The van der Waals surface area contributed by atoms with Crippen LogP contribution in [0.4, 0.5) is 4.39 Å². The van der Waals surface area contributed by atoms with E-state index in [0.717, 1.165) is 29.6 Å². The third kappa shape index (κ3) is 7.65. The fourth-order valence-electron chi connectivity index (χ4n) is 4.59. The molecule has 0 aromatic heterocycles. The molecule has 3 nitrogen and oxygen atoms in total. The maximum atomic E-state index is 13.9.